The predicted molar refractivity (Wildman–Crippen MR) is 93.8 cm³/mol. The summed E-state index contributed by atoms with van der Waals surface area (Å²) in [6, 6.07) is 7.68. The monoisotopic (exact) mass is 349 g/mol. The molecule has 6 heteroatoms. The maximum Gasteiger partial charge on any atom is 0.313 e. The van der Waals surface area contributed by atoms with Crippen LogP contribution in [0, 0.1) is 5.41 Å². The fourth-order valence-electron chi connectivity index (χ4n) is 3.17. The third-order valence-corrected chi connectivity index (χ3v) is 4.69. The van der Waals surface area contributed by atoms with Crippen LogP contribution in [0.5, 0.6) is 5.75 Å². The number of hydrogen-bond acceptors (Lipinski definition) is 4. The van der Waals surface area contributed by atoms with Crippen molar-refractivity contribution in [1.82, 2.24) is 4.90 Å². The van der Waals surface area contributed by atoms with Gasteiger partial charge in [0.1, 0.15) is 11.2 Å². The Labute approximate surface area is 148 Å². The molecule has 1 heterocycles. The smallest absolute Gasteiger partial charge is 0.313 e. The van der Waals surface area contributed by atoms with Gasteiger partial charge in [-0.15, -0.1) is 0 Å². The normalized spacial score (nSPS) is 20.6. The van der Waals surface area contributed by atoms with Crippen LogP contribution in [0.25, 0.3) is 0 Å². The quantitative estimate of drug-likeness (QED) is 0.819. The molecule has 1 atom stereocenters. The zero-order valence-electron chi connectivity index (χ0n) is 15.2. The predicted octanol–water partition coefficient (Wildman–Crippen LogP) is 2.53. The maximum absolute atomic E-state index is 12.5. The number of aliphatic carboxylic acids is 1. The molecule has 25 heavy (non-hydrogen) atoms. The first-order valence-corrected chi connectivity index (χ1v) is 8.61. The summed E-state index contributed by atoms with van der Waals surface area (Å²) in [6.45, 7) is 4.91. The molecule has 1 aliphatic rings. The van der Waals surface area contributed by atoms with E-state index in [1.165, 1.54) is 7.11 Å². The Bertz CT molecular complexity index is 612. The minimum atomic E-state index is -1.03. The first-order valence-electron chi connectivity index (χ1n) is 8.61. The van der Waals surface area contributed by atoms with Crippen LogP contribution < -0.4 is 4.74 Å². The Morgan fingerprint density at radius 2 is 2.12 bits per heavy atom. The van der Waals surface area contributed by atoms with E-state index in [1.807, 2.05) is 24.3 Å². The van der Waals surface area contributed by atoms with E-state index in [2.05, 4.69) is 13.8 Å². The first kappa shape index (κ1) is 19.2. The van der Waals surface area contributed by atoms with Gasteiger partial charge in [0.2, 0.25) is 0 Å². The molecular formula is C19H27NO5. The van der Waals surface area contributed by atoms with Gasteiger partial charge in [0.05, 0.1) is 6.61 Å². The third kappa shape index (κ3) is 4.72. The number of likely N-dealkylation sites (tertiary alicyclic amines) is 1. The number of rotatable bonds is 7. The number of nitrogens with zero attached hydrogens (tertiary/aromatic N) is 1. The summed E-state index contributed by atoms with van der Waals surface area (Å²) < 4.78 is 10.7. The highest BCUT2D eigenvalue weighted by Crippen LogP contribution is 2.31. The molecule has 0 bridgehead atoms. The lowest BCUT2D eigenvalue weighted by atomic mass is 9.80. The highest BCUT2D eigenvalue weighted by atomic mass is 16.5. The Kier molecular flexibility index (Phi) is 6.42. The molecule has 1 saturated heterocycles. The van der Waals surface area contributed by atoms with Crippen molar-refractivity contribution in [3.63, 3.8) is 0 Å². The molecule has 138 valence electrons. The molecule has 1 aromatic carbocycles. The van der Waals surface area contributed by atoms with E-state index in [9.17, 15) is 14.7 Å². The van der Waals surface area contributed by atoms with E-state index >= 15 is 0 Å². The molecule has 1 amide bonds. The molecule has 1 aliphatic heterocycles. The Hall–Kier alpha value is -2.08. The molecule has 1 unspecified atom stereocenters. The Morgan fingerprint density at radius 1 is 1.36 bits per heavy atom. The lowest BCUT2D eigenvalue weighted by Crippen LogP contribution is -2.53. The van der Waals surface area contributed by atoms with Crippen molar-refractivity contribution in [1.29, 1.82) is 0 Å². The van der Waals surface area contributed by atoms with Gasteiger partial charge in [0.25, 0.3) is 5.91 Å². The van der Waals surface area contributed by atoms with E-state index in [0.29, 0.717) is 31.1 Å². The van der Waals surface area contributed by atoms with Gasteiger partial charge in [-0.25, -0.2) is 0 Å². The van der Waals surface area contributed by atoms with Gasteiger partial charge >= 0.3 is 5.97 Å². The SMILES string of the molecule is COCC1(C(=O)O)CCCN(C(=O)COc2cccc(C(C)C)c2)C1. The topological polar surface area (TPSA) is 76.1 Å². The van der Waals surface area contributed by atoms with E-state index in [4.69, 9.17) is 9.47 Å². The van der Waals surface area contributed by atoms with Crippen molar-refractivity contribution in [2.45, 2.75) is 32.6 Å². The lowest BCUT2D eigenvalue weighted by molar-refractivity contribution is -0.159. The number of ether oxygens (including phenoxy) is 2. The van der Waals surface area contributed by atoms with Gasteiger partial charge in [0.15, 0.2) is 6.61 Å². The lowest BCUT2D eigenvalue weighted by Gasteiger charge is -2.39. The van der Waals surface area contributed by atoms with Crippen LogP contribution in [0.15, 0.2) is 24.3 Å². The number of benzene rings is 1. The molecule has 6 nitrogen and oxygen atoms in total. The molecule has 0 radical (unpaired) electrons. The largest absolute Gasteiger partial charge is 0.484 e. The average Bonchev–Trinajstić information content (AvgIpc) is 2.60. The van der Waals surface area contributed by atoms with Gasteiger partial charge < -0.3 is 19.5 Å². The Morgan fingerprint density at radius 3 is 2.76 bits per heavy atom. The summed E-state index contributed by atoms with van der Waals surface area (Å²) in [5.41, 5.74) is 0.119. The third-order valence-electron chi connectivity index (χ3n) is 4.69. The van der Waals surface area contributed by atoms with Crippen molar-refractivity contribution in [2.75, 3.05) is 33.4 Å². The van der Waals surface area contributed by atoms with Crippen LogP contribution in [0.4, 0.5) is 0 Å². The van der Waals surface area contributed by atoms with Gasteiger partial charge in [-0.05, 0) is 36.5 Å². The minimum Gasteiger partial charge on any atom is -0.484 e. The summed E-state index contributed by atoms with van der Waals surface area (Å²) >= 11 is 0. The summed E-state index contributed by atoms with van der Waals surface area (Å²) in [7, 11) is 1.48. The molecule has 2 rings (SSSR count). The zero-order valence-corrected chi connectivity index (χ0v) is 15.2. The van der Waals surface area contributed by atoms with Crippen molar-refractivity contribution < 1.29 is 24.2 Å². The number of hydrogen-bond donors (Lipinski definition) is 1. The highest BCUT2D eigenvalue weighted by Gasteiger charge is 2.43. The van der Waals surface area contributed by atoms with Gasteiger partial charge in [-0.3, -0.25) is 9.59 Å². The van der Waals surface area contributed by atoms with Crippen molar-refractivity contribution >= 4 is 11.9 Å². The fourth-order valence-corrected chi connectivity index (χ4v) is 3.17. The Balaban J connectivity index is 1.98. The maximum atomic E-state index is 12.5. The number of methoxy groups -OCH3 is 1. The van der Waals surface area contributed by atoms with E-state index in [-0.39, 0.29) is 25.7 Å². The van der Waals surface area contributed by atoms with Crippen molar-refractivity contribution in [3.8, 4) is 5.75 Å². The van der Waals surface area contributed by atoms with Crippen molar-refractivity contribution in [2.24, 2.45) is 5.41 Å². The van der Waals surface area contributed by atoms with Crippen LogP contribution >= 0.6 is 0 Å². The number of carboxylic acid groups (broad SMARTS) is 1. The first-order chi connectivity index (χ1) is 11.9. The molecule has 1 fully saturated rings. The molecule has 0 spiro atoms. The molecule has 1 N–H and O–H groups in total. The summed E-state index contributed by atoms with van der Waals surface area (Å²) in [6.07, 6.45) is 1.15. The van der Waals surface area contributed by atoms with Crippen LogP contribution in [-0.2, 0) is 14.3 Å². The summed E-state index contributed by atoms with van der Waals surface area (Å²) in [5.74, 6) is -0.0849. The minimum absolute atomic E-state index is 0.0930. The standard InChI is InChI=1S/C19H27NO5/c1-14(2)15-6-4-7-16(10-15)25-11-17(21)20-9-5-8-19(12-20,13-24-3)18(22)23/h4,6-7,10,14H,5,8-9,11-13H2,1-3H3,(H,22,23). The second-order valence-electron chi connectivity index (χ2n) is 6.95. The molecule has 0 saturated carbocycles. The number of carboxylic acids is 1. The number of carbonyl (C=O) groups excluding carboxylic acids is 1. The summed E-state index contributed by atoms with van der Waals surface area (Å²) in [4.78, 5) is 25.7. The fraction of sp³-hybridized carbons (Fsp3) is 0.579. The highest BCUT2D eigenvalue weighted by molar-refractivity contribution is 5.80. The number of carbonyl (C=O) groups is 2. The number of piperidine rings is 1. The molecular weight excluding hydrogens is 322 g/mol. The summed E-state index contributed by atoms with van der Waals surface area (Å²) in [5, 5.41) is 9.56. The van der Waals surface area contributed by atoms with Gasteiger partial charge in [-0.1, -0.05) is 26.0 Å². The zero-order chi connectivity index (χ0) is 18.4. The second-order valence-corrected chi connectivity index (χ2v) is 6.95. The van der Waals surface area contributed by atoms with E-state index in [1.54, 1.807) is 4.90 Å². The van der Waals surface area contributed by atoms with Crippen LogP contribution in [-0.4, -0.2) is 55.3 Å². The molecule has 0 aliphatic carbocycles. The van der Waals surface area contributed by atoms with E-state index < -0.39 is 11.4 Å². The second kappa shape index (κ2) is 8.34. The number of amides is 1. The van der Waals surface area contributed by atoms with Gasteiger partial charge in [-0.2, -0.15) is 0 Å². The van der Waals surface area contributed by atoms with Crippen molar-refractivity contribution in [3.05, 3.63) is 29.8 Å². The molecule has 1 aromatic rings. The van der Waals surface area contributed by atoms with E-state index in [0.717, 1.165) is 5.56 Å². The van der Waals surface area contributed by atoms with Crippen LogP contribution in [0.1, 0.15) is 38.2 Å². The van der Waals surface area contributed by atoms with Crippen LogP contribution in [0.2, 0.25) is 0 Å². The average molecular weight is 349 g/mol. The molecule has 0 aromatic heterocycles. The van der Waals surface area contributed by atoms with Gasteiger partial charge in [0, 0.05) is 20.2 Å². The van der Waals surface area contributed by atoms with Crippen LogP contribution in [0.3, 0.4) is 0 Å².